The van der Waals surface area contributed by atoms with E-state index in [1.54, 1.807) is 6.20 Å². The molecule has 4 rings (SSSR count). The lowest BCUT2D eigenvalue weighted by Gasteiger charge is -2.33. The van der Waals surface area contributed by atoms with Crippen molar-refractivity contribution in [1.82, 2.24) is 24.6 Å². The fraction of sp³-hybridized carbons (Fsp3) is 0.409. The van der Waals surface area contributed by atoms with Crippen LogP contribution in [0.5, 0.6) is 0 Å². The van der Waals surface area contributed by atoms with E-state index in [1.165, 1.54) is 11.1 Å². The van der Waals surface area contributed by atoms with Gasteiger partial charge in [-0.05, 0) is 32.3 Å². The molecule has 0 bridgehead atoms. The standard InChI is InChI=1S/C22H27N5O/c1-16-5-7-18(8-6-16)20-14-24-25-22(20)19-4-3-11-27(15-19)21(28)9-12-26-13-10-23-17(26)2/h5-8,10,13-14,19H,3-4,9,11-12,15H2,1-2H3,(H,24,25)/t19-/m1/s1. The van der Waals surface area contributed by atoms with Crippen LogP contribution >= 0.6 is 0 Å². The predicted octanol–water partition coefficient (Wildman–Crippen LogP) is 3.69. The summed E-state index contributed by atoms with van der Waals surface area (Å²) in [4.78, 5) is 19.0. The van der Waals surface area contributed by atoms with Gasteiger partial charge in [-0.1, -0.05) is 29.8 Å². The highest BCUT2D eigenvalue weighted by molar-refractivity contribution is 5.76. The van der Waals surface area contributed by atoms with Crippen molar-refractivity contribution >= 4 is 5.91 Å². The zero-order chi connectivity index (χ0) is 19.5. The highest BCUT2D eigenvalue weighted by Gasteiger charge is 2.27. The van der Waals surface area contributed by atoms with Crippen molar-refractivity contribution in [2.24, 2.45) is 0 Å². The maximum Gasteiger partial charge on any atom is 0.224 e. The van der Waals surface area contributed by atoms with E-state index in [-0.39, 0.29) is 5.91 Å². The maximum atomic E-state index is 12.8. The van der Waals surface area contributed by atoms with Gasteiger partial charge in [0.25, 0.3) is 0 Å². The Kier molecular flexibility index (Phi) is 5.28. The number of imidazole rings is 1. The summed E-state index contributed by atoms with van der Waals surface area (Å²) in [6.07, 6.45) is 8.22. The molecule has 6 nitrogen and oxygen atoms in total. The Balaban J connectivity index is 1.44. The van der Waals surface area contributed by atoms with E-state index in [1.807, 2.05) is 28.8 Å². The number of nitrogens with one attached hydrogen (secondary N) is 1. The van der Waals surface area contributed by atoms with Crippen molar-refractivity contribution < 1.29 is 4.79 Å². The van der Waals surface area contributed by atoms with Gasteiger partial charge in [-0.3, -0.25) is 9.89 Å². The summed E-state index contributed by atoms with van der Waals surface area (Å²) < 4.78 is 2.03. The summed E-state index contributed by atoms with van der Waals surface area (Å²) in [6.45, 7) is 6.34. The van der Waals surface area contributed by atoms with Crippen LogP contribution in [0.15, 0.2) is 42.9 Å². The smallest absolute Gasteiger partial charge is 0.224 e. The molecule has 0 unspecified atom stereocenters. The zero-order valence-corrected chi connectivity index (χ0v) is 16.6. The highest BCUT2D eigenvalue weighted by Crippen LogP contribution is 2.33. The Morgan fingerprint density at radius 2 is 2.07 bits per heavy atom. The van der Waals surface area contributed by atoms with Gasteiger partial charge in [0, 0.05) is 55.6 Å². The number of benzene rings is 1. The molecule has 1 atom stereocenters. The predicted molar refractivity (Wildman–Crippen MR) is 109 cm³/mol. The first kappa shape index (κ1) is 18.5. The van der Waals surface area contributed by atoms with Gasteiger partial charge in [0.2, 0.25) is 5.91 Å². The fourth-order valence-corrected chi connectivity index (χ4v) is 4.02. The lowest BCUT2D eigenvalue weighted by molar-refractivity contribution is -0.132. The van der Waals surface area contributed by atoms with E-state index in [0.717, 1.165) is 43.0 Å². The Bertz CT molecular complexity index is 940. The van der Waals surface area contributed by atoms with Crippen molar-refractivity contribution in [3.63, 3.8) is 0 Å². The van der Waals surface area contributed by atoms with Crippen LogP contribution in [-0.4, -0.2) is 43.6 Å². The number of aromatic nitrogens is 4. The summed E-state index contributed by atoms with van der Waals surface area (Å²) in [7, 11) is 0. The van der Waals surface area contributed by atoms with Gasteiger partial charge < -0.3 is 9.47 Å². The number of rotatable bonds is 5. The molecule has 0 saturated carbocycles. The lowest BCUT2D eigenvalue weighted by Crippen LogP contribution is -2.39. The second kappa shape index (κ2) is 8.00. The normalized spacial score (nSPS) is 17.1. The van der Waals surface area contributed by atoms with Crippen LogP contribution in [0.3, 0.4) is 0 Å². The molecule has 6 heteroatoms. The second-order valence-electron chi connectivity index (χ2n) is 7.66. The number of aromatic amines is 1. The van der Waals surface area contributed by atoms with Gasteiger partial charge in [-0.25, -0.2) is 4.98 Å². The molecule has 1 N–H and O–H groups in total. The monoisotopic (exact) mass is 377 g/mol. The van der Waals surface area contributed by atoms with Crippen LogP contribution in [0.1, 0.15) is 42.3 Å². The number of hydrogen-bond donors (Lipinski definition) is 1. The number of carbonyl (C=O) groups is 1. The molecule has 0 spiro atoms. The molecule has 0 aliphatic carbocycles. The number of piperidine rings is 1. The third-order valence-electron chi connectivity index (χ3n) is 5.70. The van der Waals surface area contributed by atoms with Crippen LogP contribution in [-0.2, 0) is 11.3 Å². The summed E-state index contributed by atoms with van der Waals surface area (Å²) in [5.41, 5.74) is 4.71. The van der Waals surface area contributed by atoms with E-state index >= 15 is 0 Å². The van der Waals surface area contributed by atoms with Crippen LogP contribution in [0.25, 0.3) is 11.1 Å². The first-order valence-corrected chi connectivity index (χ1v) is 9.97. The van der Waals surface area contributed by atoms with Gasteiger partial charge in [0.1, 0.15) is 5.82 Å². The molecule has 1 aliphatic heterocycles. The van der Waals surface area contributed by atoms with Gasteiger partial charge in [0.05, 0.1) is 6.20 Å². The third kappa shape index (κ3) is 3.86. The van der Waals surface area contributed by atoms with Gasteiger partial charge in [-0.15, -0.1) is 0 Å². The third-order valence-corrected chi connectivity index (χ3v) is 5.70. The molecule has 28 heavy (non-hydrogen) atoms. The SMILES string of the molecule is Cc1ccc(-c2cn[nH]c2[C@@H]2CCCN(C(=O)CCn3ccnc3C)C2)cc1. The van der Waals surface area contributed by atoms with E-state index in [9.17, 15) is 4.79 Å². The molecule has 146 valence electrons. The number of H-pyrrole nitrogens is 1. The van der Waals surface area contributed by atoms with Gasteiger partial charge >= 0.3 is 0 Å². The van der Waals surface area contributed by atoms with Crippen molar-refractivity contribution in [1.29, 1.82) is 0 Å². The van der Waals surface area contributed by atoms with E-state index in [0.29, 0.717) is 18.9 Å². The first-order chi connectivity index (χ1) is 13.6. The molecular weight excluding hydrogens is 350 g/mol. The van der Waals surface area contributed by atoms with Crippen LogP contribution in [0.4, 0.5) is 0 Å². The lowest BCUT2D eigenvalue weighted by atomic mass is 9.90. The second-order valence-corrected chi connectivity index (χ2v) is 7.66. The number of amides is 1. The molecule has 0 radical (unpaired) electrons. The van der Waals surface area contributed by atoms with Crippen LogP contribution in [0.2, 0.25) is 0 Å². The summed E-state index contributed by atoms with van der Waals surface area (Å²) in [5, 5.41) is 7.52. The number of likely N-dealkylation sites (tertiary alicyclic amines) is 1. The minimum atomic E-state index is 0.217. The molecule has 1 aromatic carbocycles. The number of aryl methyl sites for hydroxylation is 3. The summed E-state index contributed by atoms with van der Waals surface area (Å²) in [6, 6.07) is 8.54. The van der Waals surface area contributed by atoms with Gasteiger partial charge in [-0.2, -0.15) is 5.10 Å². The average molecular weight is 377 g/mol. The maximum absolute atomic E-state index is 12.8. The summed E-state index contributed by atoms with van der Waals surface area (Å²) >= 11 is 0. The minimum absolute atomic E-state index is 0.217. The van der Waals surface area contributed by atoms with Crippen molar-refractivity contribution in [3.05, 3.63) is 59.9 Å². The Labute approximate surface area is 165 Å². The van der Waals surface area contributed by atoms with E-state index < -0.39 is 0 Å². The average Bonchev–Trinajstić information content (AvgIpc) is 3.36. The molecule has 1 fully saturated rings. The quantitative estimate of drug-likeness (QED) is 0.737. The Morgan fingerprint density at radius 1 is 1.25 bits per heavy atom. The fourth-order valence-electron chi connectivity index (χ4n) is 4.02. The topological polar surface area (TPSA) is 66.8 Å². The number of hydrogen-bond acceptors (Lipinski definition) is 3. The highest BCUT2D eigenvalue weighted by atomic mass is 16.2. The number of carbonyl (C=O) groups excluding carboxylic acids is 1. The van der Waals surface area contributed by atoms with Gasteiger partial charge in [0.15, 0.2) is 0 Å². The van der Waals surface area contributed by atoms with Crippen LogP contribution in [0, 0.1) is 13.8 Å². The van der Waals surface area contributed by atoms with E-state index in [2.05, 4.69) is 46.4 Å². The molecule has 3 aromatic rings. The minimum Gasteiger partial charge on any atom is -0.342 e. The number of nitrogens with zero attached hydrogens (tertiary/aromatic N) is 4. The summed E-state index contributed by atoms with van der Waals surface area (Å²) in [5.74, 6) is 1.46. The molecule has 2 aromatic heterocycles. The molecule has 1 amide bonds. The molecule has 1 saturated heterocycles. The van der Waals surface area contributed by atoms with E-state index in [4.69, 9.17) is 0 Å². The molecular formula is C22H27N5O. The Morgan fingerprint density at radius 3 is 2.82 bits per heavy atom. The molecule has 1 aliphatic rings. The molecule has 3 heterocycles. The largest absolute Gasteiger partial charge is 0.342 e. The zero-order valence-electron chi connectivity index (χ0n) is 16.6. The van der Waals surface area contributed by atoms with Crippen molar-refractivity contribution in [3.8, 4) is 11.1 Å². The van der Waals surface area contributed by atoms with Crippen molar-refractivity contribution in [2.45, 2.75) is 45.6 Å². The van der Waals surface area contributed by atoms with Crippen LogP contribution < -0.4 is 0 Å². The first-order valence-electron chi connectivity index (χ1n) is 9.97. The van der Waals surface area contributed by atoms with Crippen molar-refractivity contribution in [2.75, 3.05) is 13.1 Å². The Hall–Kier alpha value is -2.89.